The van der Waals surface area contributed by atoms with E-state index in [9.17, 15) is 14.4 Å². The maximum atomic E-state index is 12.8. The van der Waals surface area contributed by atoms with E-state index in [1.54, 1.807) is 24.3 Å². The Bertz CT molecular complexity index is 1090. The van der Waals surface area contributed by atoms with Crippen LogP contribution in [-0.2, 0) is 20.9 Å². The summed E-state index contributed by atoms with van der Waals surface area (Å²) in [5.74, 6) is -0.677. The van der Waals surface area contributed by atoms with E-state index in [1.165, 1.54) is 11.8 Å². The molecule has 146 valence electrons. The topological polar surface area (TPSA) is 78.5 Å². The van der Waals surface area contributed by atoms with Crippen molar-refractivity contribution < 1.29 is 14.4 Å². The number of hydrogen-bond donors (Lipinski definition) is 2. The van der Waals surface area contributed by atoms with Crippen LogP contribution in [0.5, 0.6) is 0 Å². The summed E-state index contributed by atoms with van der Waals surface area (Å²) in [6.45, 7) is 1.92. The van der Waals surface area contributed by atoms with Crippen molar-refractivity contribution in [3.8, 4) is 0 Å². The molecule has 3 amide bonds. The van der Waals surface area contributed by atoms with E-state index < -0.39 is 6.04 Å². The Morgan fingerprint density at radius 2 is 1.72 bits per heavy atom. The van der Waals surface area contributed by atoms with E-state index in [0.717, 1.165) is 16.3 Å². The normalized spacial score (nSPS) is 16.4. The Kier molecular flexibility index (Phi) is 5.10. The molecule has 1 heterocycles. The van der Waals surface area contributed by atoms with Crippen molar-refractivity contribution in [3.05, 3.63) is 72.3 Å². The van der Waals surface area contributed by atoms with Crippen molar-refractivity contribution in [2.75, 3.05) is 10.2 Å². The van der Waals surface area contributed by atoms with Crippen LogP contribution >= 0.6 is 0 Å². The molecule has 0 radical (unpaired) electrons. The van der Waals surface area contributed by atoms with Crippen molar-refractivity contribution in [1.29, 1.82) is 0 Å². The summed E-state index contributed by atoms with van der Waals surface area (Å²) in [7, 11) is 0. The van der Waals surface area contributed by atoms with Crippen molar-refractivity contribution in [2.24, 2.45) is 0 Å². The number of nitrogens with zero attached hydrogens (tertiary/aromatic N) is 1. The van der Waals surface area contributed by atoms with Crippen LogP contribution in [0.1, 0.15) is 18.9 Å². The van der Waals surface area contributed by atoms with Gasteiger partial charge >= 0.3 is 0 Å². The van der Waals surface area contributed by atoms with Crippen LogP contribution in [-0.4, -0.2) is 23.8 Å². The molecular formula is C23H21N3O3. The molecule has 3 aromatic carbocycles. The van der Waals surface area contributed by atoms with Crippen LogP contribution < -0.4 is 15.5 Å². The van der Waals surface area contributed by atoms with Gasteiger partial charge in [-0.2, -0.15) is 0 Å². The van der Waals surface area contributed by atoms with Crippen LogP contribution in [0, 0.1) is 0 Å². The first-order valence-electron chi connectivity index (χ1n) is 9.47. The minimum atomic E-state index is -0.559. The lowest BCUT2D eigenvalue weighted by molar-refractivity contribution is -0.121. The largest absolute Gasteiger partial charge is 0.326 e. The zero-order valence-electron chi connectivity index (χ0n) is 16.0. The van der Waals surface area contributed by atoms with Gasteiger partial charge in [-0.25, -0.2) is 4.90 Å². The Labute approximate surface area is 168 Å². The van der Waals surface area contributed by atoms with Gasteiger partial charge in [0, 0.05) is 19.2 Å². The summed E-state index contributed by atoms with van der Waals surface area (Å²) in [5, 5.41) is 8.18. The van der Waals surface area contributed by atoms with Gasteiger partial charge in [0.05, 0.1) is 18.2 Å². The number of carbonyl (C=O) groups is 3. The predicted molar refractivity (Wildman–Crippen MR) is 112 cm³/mol. The zero-order valence-corrected chi connectivity index (χ0v) is 16.0. The van der Waals surface area contributed by atoms with E-state index in [4.69, 9.17) is 0 Å². The third-order valence-electron chi connectivity index (χ3n) is 5.01. The summed E-state index contributed by atoms with van der Waals surface area (Å²) in [6.07, 6.45) is 0.122. The molecule has 29 heavy (non-hydrogen) atoms. The lowest BCUT2D eigenvalue weighted by Crippen LogP contribution is -2.38. The van der Waals surface area contributed by atoms with E-state index in [1.807, 2.05) is 24.3 Å². The first-order chi connectivity index (χ1) is 14.0. The smallest absolute Gasteiger partial charge is 0.251 e. The van der Waals surface area contributed by atoms with E-state index in [2.05, 4.69) is 28.8 Å². The Balaban J connectivity index is 1.47. The van der Waals surface area contributed by atoms with Crippen LogP contribution in [0.15, 0.2) is 66.7 Å². The lowest BCUT2D eigenvalue weighted by Gasteiger charge is -2.16. The first-order valence-corrected chi connectivity index (χ1v) is 9.47. The van der Waals surface area contributed by atoms with Gasteiger partial charge in [-0.3, -0.25) is 14.4 Å². The molecule has 3 aromatic rings. The van der Waals surface area contributed by atoms with Gasteiger partial charge < -0.3 is 10.6 Å². The molecule has 4 rings (SSSR count). The molecule has 1 aliphatic heterocycles. The van der Waals surface area contributed by atoms with Crippen molar-refractivity contribution in [2.45, 2.75) is 25.9 Å². The second kappa shape index (κ2) is 7.85. The van der Waals surface area contributed by atoms with Gasteiger partial charge in [0.15, 0.2) is 0 Å². The van der Waals surface area contributed by atoms with Gasteiger partial charge in [-0.05, 0) is 40.6 Å². The van der Waals surface area contributed by atoms with Gasteiger partial charge in [0.1, 0.15) is 0 Å². The number of rotatable bonds is 5. The highest BCUT2D eigenvalue weighted by Crippen LogP contribution is 2.25. The fraction of sp³-hybridized carbons (Fsp3) is 0.174. The molecule has 1 aliphatic rings. The maximum absolute atomic E-state index is 12.8. The molecule has 1 atom stereocenters. The van der Waals surface area contributed by atoms with E-state index in [0.29, 0.717) is 17.9 Å². The van der Waals surface area contributed by atoms with Gasteiger partial charge in [0.25, 0.3) is 5.91 Å². The Hall–Kier alpha value is -3.51. The van der Waals surface area contributed by atoms with Gasteiger partial charge in [-0.1, -0.05) is 42.5 Å². The quantitative estimate of drug-likeness (QED) is 0.659. The third-order valence-corrected chi connectivity index (χ3v) is 5.01. The monoisotopic (exact) mass is 387 g/mol. The molecule has 2 N–H and O–H groups in total. The van der Waals surface area contributed by atoms with Crippen LogP contribution in [0.4, 0.5) is 11.4 Å². The molecule has 0 aromatic heterocycles. The molecule has 1 unspecified atom stereocenters. The average molecular weight is 387 g/mol. The predicted octanol–water partition coefficient (Wildman–Crippen LogP) is 3.22. The molecule has 6 nitrogen and oxygen atoms in total. The van der Waals surface area contributed by atoms with E-state index >= 15 is 0 Å². The Morgan fingerprint density at radius 3 is 2.48 bits per heavy atom. The molecule has 0 bridgehead atoms. The number of imide groups is 1. The summed E-state index contributed by atoms with van der Waals surface area (Å²) >= 11 is 0. The fourth-order valence-electron chi connectivity index (χ4n) is 3.64. The minimum Gasteiger partial charge on any atom is -0.326 e. The SMILES string of the molecule is CC(=O)Nc1ccc(N2C(=O)CC(NCc3cccc4ccccc34)C2=O)cc1. The van der Waals surface area contributed by atoms with Gasteiger partial charge in [-0.15, -0.1) is 0 Å². The molecule has 6 heteroatoms. The maximum Gasteiger partial charge on any atom is 0.251 e. The third kappa shape index (κ3) is 3.88. The number of carbonyl (C=O) groups excluding carboxylic acids is 3. The van der Waals surface area contributed by atoms with Crippen LogP contribution in [0.2, 0.25) is 0 Å². The van der Waals surface area contributed by atoms with Crippen LogP contribution in [0.25, 0.3) is 10.8 Å². The zero-order chi connectivity index (χ0) is 20.4. The van der Waals surface area contributed by atoms with Gasteiger partial charge in [0.2, 0.25) is 11.8 Å². The Morgan fingerprint density at radius 1 is 1.00 bits per heavy atom. The highest BCUT2D eigenvalue weighted by Gasteiger charge is 2.39. The summed E-state index contributed by atoms with van der Waals surface area (Å²) in [5.41, 5.74) is 2.20. The van der Waals surface area contributed by atoms with Crippen molar-refractivity contribution in [1.82, 2.24) is 5.32 Å². The number of benzene rings is 3. The first kappa shape index (κ1) is 18.8. The molecule has 1 saturated heterocycles. The van der Waals surface area contributed by atoms with Crippen molar-refractivity contribution >= 4 is 39.9 Å². The summed E-state index contributed by atoms with van der Waals surface area (Å²) in [4.78, 5) is 37.7. The number of hydrogen-bond acceptors (Lipinski definition) is 4. The minimum absolute atomic E-state index is 0.122. The average Bonchev–Trinajstić information content (AvgIpc) is 3.00. The van der Waals surface area contributed by atoms with E-state index in [-0.39, 0.29) is 24.1 Å². The molecule has 0 aliphatic carbocycles. The highest BCUT2D eigenvalue weighted by atomic mass is 16.2. The highest BCUT2D eigenvalue weighted by molar-refractivity contribution is 6.22. The molecule has 0 spiro atoms. The molecule has 0 saturated carbocycles. The lowest BCUT2D eigenvalue weighted by atomic mass is 10.0. The van der Waals surface area contributed by atoms with Crippen molar-refractivity contribution in [3.63, 3.8) is 0 Å². The number of anilines is 2. The fourth-order valence-corrected chi connectivity index (χ4v) is 3.64. The molecular weight excluding hydrogens is 366 g/mol. The molecule has 1 fully saturated rings. The second-order valence-corrected chi connectivity index (χ2v) is 7.07. The standard InChI is InChI=1S/C23H21N3O3/c1-15(27)25-18-9-11-19(12-10-18)26-22(28)13-21(23(26)29)24-14-17-7-4-6-16-5-2-3-8-20(16)17/h2-12,21,24H,13-14H2,1H3,(H,25,27). The number of nitrogens with one attached hydrogen (secondary N) is 2. The summed E-state index contributed by atoms with van der Waals surface area (Å²) < 4.78 is 0. The number of amides is 3. The number of fused-ring (bicyclic) bond motifs is 1. The second-order valence-electron chi connectivity index (χ2n) is 7.07. The van der Waals surface area contributed by atoms with Crippen LogP contribution in [0.3, 0.4) is 0 Å². The summed E-state index contributed by atoms with van der Waals surface area (Å²) in [6, 6.07) is 20.3.